The molecule has 0 aliphatic carbocycles. The smallest absolute Gasteiger partial charge is 0.312 e. The highest BCUT2D eigenvalue weighted by molar-refractivity contribution is 7.99. The molecule has 0 fully saturated rings. The van der Waals surface area contributed by atoms with Crippen LogP contribution in [0.3, 0.4) is 0 Å². The van der Waals surface area contributed by atoms with Crippen LogP contribution in [-0.2, 0) is 9.53 Å². The molecule has 0 amide bonds. The lowest BCUT2D eigenvalue weighted by Gasteiger charge is -2.20. The van der Waals surface area contributed by atoms with Crippen LogP contribution in [0.5, 0.6) is 0 Å². The summed E-state index contributed by atoms with van der Waals surface area (Å²) in [6.45, 7) is 3.71. The molecular formula is C13H16O3S. The van der Waals surface area contributed by atoms with Crippen molar-refractivity contribution in [1.29, 1.82) is 0 Å². The number of thioether (sulfide) groups is 1. The maximum absolute atomic E-state index is 11.5. The fourth-order valence-electron chi connectivity index (χ4n) is 1.24. The molecule has 0 radical (unpaired) electrons. The van der Waals surface area contributed by atoms with Crippen molar-refractivity contribution in [2.75, 3.05) is 12.9 Å². The molecule has 0 saturated carbocycles. The Kier molecular flexibility index (Phi) is 4.75. The average molecular weight is 252 g/mol. The van der Waals surface area contributed by atoms with E-state index in [0.717, 1.165) is 11.2 Å². The number of esters is 1. The first-order valence-corrected chi connectivity index (χ1v) is 6.24. The molecule has 0 aromatic heterocycles. The van der Waals surface area contributed by atoms with Crippen LogP contribution in [0.4, 0.5) is 0 Å². The number of carbonyl (C=O) groups is 2. The summed E-state index contributed by atoms with van der Waals surface area (Å²) < 4.78 is 4.74. The normalized spacial score (nSPS) is 11.0. The number of rotatable bonds is 5. The van der Waals surface area contributed by atoms with Crippen LogP contribution >= 0.6 is 11.8 Å². The first kappa shape index (κ1) is 13.8. The van der Waals surface area contributed by atoms with Gasteiger partial charge in [0.15, 0.2) is 0 Å². The number of hydrogen-bond acceptors (Lipinski definition) is 4. The Morgan fingerprint density at radius 1 is 1.35 bits per heavy atom. The van der Waals surface area contributed by atoms with E-state index in [1.807, 2.05) is 26.0 Å². The lowest BCUT2D eigenvalue weighted by atomic mass is 9.97. The molecule has 0 saturated heterocycles. The van der Waals surface area contributed by atoms with Crippen LogP contribution in [0.15, 0.2) is 29.2 Å². The van der Waals surface area contributed by atoms with Gasteiger partial charge in [-0.25, -0.2) is 0 Å². The summed E-state index contributed by atoms with van der Waals surface area (Å²) >= 11 is 1.57. The molecule has 1 aromatic rings. The number of methoxy groups -OCH3 is 1. The van der Waals surface area contributed by atoms with Gasteiger partial charge in [0, 0.05) is 16.2 Å². The molecule has 0 heterocycles. The zero-order valence-corrected chi connectivity index (χ0v) is 11.0. The van der Waals surface area contributed by atoms with Gasteiger partial charge in [-0.15, -0.1) is 11.8 Å². The largest absolute Gasteiger partial charge is 0.469 e. The van der Waals surface area contributed by atoms with Crippen LogP contribution in [0, 0.1) is 5.41 Å². The zero-order valence-electron chi connectivity index (χ0n) is 10.2. The van der Waals surface area contributed by atoms with Crippen molar-refractivity contribution in [2.24, 2.45) is 5.41 Å². The second kappa shape index (κ2) is 5.87. The van der Waals surface area contributed by atoms with Crippen LogP contribution in [-0.4, -0.2) is 25.1 Å². The summed E-state index contributed by atoms with van der Waals surface area (Å²) in [5.41, 5.74) is 0.143. The van der Waals surface area contributed by atoms with E-state index in [2.05, 4.69) is 0 Å². The molecule has 1 aromatic carbocycles. The van der Waals surface area contributed by atoms with Crippen molar-refractivity contribution in [3.05, 3.63) is 29.8 Å². The van der Waals surface area contributed by atoms with Gasteiger partial charge in [0.2, 0.25) is 0 Å². The van der Waals surface area contributed by atoms with Crippen LogP contribution in [0.25, 0.3) is 0 Å². The van der Waals surface area contributed by atoms with Gasteiger partial charge in [0.1, 0.15) is 6.29 Å². The predicted octanol–water partition coefficient (Wildman–Crippen LogP) is 2.79. The van der Waals surface area contributed by atoms with E-state index >= 15 is 0 Å². The number of ether oxygens (including phenoxy) is 1. The fraction of sp³-hybridized carbons (Fsp3) is 0.385. The third-order valence-corrected chi connectivity index (χ3v) is 3.83. The summed E-state index contributed by atoms with van der Waals surface area (Å²) in [6.07, 6.45) is 0.812. The Balaban J connectivity index is 2.60. The molecule has 0 aliphatic rings. The highest BCUT2D eigenvalue weighted by Gasteiger charge is 2.28. The molecular weight excluding hydrogens is 236 g/mol. The molecule has 92 valence electrons. The van der Waals surface area contributed by atoms with E-state index in [0.29, 0.717) is 11.3 Å². The third kappa shape index (κ3) is 3.89. The highest BCUT2D eigenvalue weighted by atomic mass is 32.2. The maximum atomic E-state index is 11.5. The first-order valence-electron chi connectivity index (χ1n) is 5.26. The lowest BCUT2D eigenvalue weighted by molar-refractivity contribution is -0.149. The van der Waals surface area contributed by atoms with Crippen molar-refractivity contribution in [3.8, 4) is 0 Å². The van der Waals surface area contributed by atoms with E-state index in [-0.39, 0.29) is 5.97 Å². The van der Waals surface area contributed by atoms with Crippen molar-refractivity contribution >= 4 is 24.0 Å². The number of benzene rings is 1. The van der Waals surface area contributed by atoms with Gasteiger partial charge < -0.3 is 4.74 Å². The summed E-state index contributed by atoms with van der Waals surface area (Å²) in [5.74, 6) is 0.426. The molecule has 0 bridgehead atoms. The van der Waals surface area contributed by atoms with Crippen molar-refractivity contribution in [3.63, 3.8) is 0 Å². The van der Waals surface area contributed by atoms with E-state index in [9.17, 15) is 9.59 Å². The van der Waals surface area contributed by atoms with Crippen LogP contribution in [0.1, 0.15) is 24.2 Å². The van der Waals surface area contributed by atoms with Gasteiger partial charge in [-0.2, -0.15) is 0 Å². The van der Waals surface area contributed by atoms with Crippen molar-refractivity contribution in [2.45, 2.75) is 18.7 Å². The number of hydrogen-bond donors (Lipinski definition) is 0. The molecule has 0 aliphatic heterocycles. The quantitative estimate of drug-likeness (QED) is 0.459. The first-order chi connectivity index (χ1) is 7.99. The molecule has 0 unspecified atom stereocenters. The second-order valence-corrected chi connectivity index (χ2v) is 5.40. The highest BCUT2D eigenvalue weighted by Crippen LogP contribution is 2.28. The average Bonchev–Trinajstić information content (AvgIpc) is 2.36. The minimum Gasteiger partial charge on any atom is -0.469 e. The molecule has 0 N–H and O–H groups in total. The summed E-state index contributed by atoms with van der Waals surface area (Å²) in [4.78, 5) is 23.0. The molecule has 0 spiro atoms. The minimum atomic E-state index is -0.511. The Hall–Kier alpha value is -1.29. The molecule has 4 heteroatoms. The van der Waals surface area contributed by atoms with Gasteiger partial charge in [0.25, 0.3) is 0 Å². The lowest BCUT2D eigenvalue weighted by Crippen LogP contribution is -2.28. The van der Waals surface area contributed by atoms with E-state index in [1.54, 1.807) is 23.9 Å². The number of aldehydes is 1. The molecule has 1 rings (SSSR count). The SMILES string of the molecule is COC(=O)C(C)(C)CSc1ccc(C=O)cc1. The monoisotopic (exact) mass is 252 g/mol. The molecule has 3 nitrogen and oxygen atoms in total. The van der Waals surface area contributed by atoms with Crippen molar-refractivity contribution in [1.82, 2.24) is 0 Å². The van der Waals surface area contributed by atoms with E-state index < -0.39 is 5.41 Å². The van der Waals surface area contributed by atoms with Crippen molar-refractivity contribution < 1.29 is 14.3 Å². The predicted molar refractivity (Wildman–Crippen MR) is 68.4 cm³/mol. The van der Waals surface area contributed by atoms with Gasteiger partial charge >= 0.3 is 5.97 Å². The summed E-state index contributed by atoms with van der Waals surface area (Å²) in [6, 6.07) is 7.28. The van der Waals surface area contributed by atoms with Gasteiger partial charge in [-0.1, -0.05) is 12.1 Å². The van der Waals surface area contributed by atoms with E-state index in [1.165, 1.54) is 7.11 Å². The summed E-state index contributed by atoms with van der Waals surface area (Å²) in [7, 11) is 1.40. The second-order valence-electron chi connectivity index (χ2n) is 4.35. The van der Waals surface area contributed by atoms with Gasteiger partial charge in [-0.3, -0.25) is 9.59 Å². The Labute approximate surface area is 106 Å². The van der Waals surface area contributed by atoms with Crippen LogP contribution < -0.4 is 0 Å². The molecule has 17 heavy (non-hydrogen) atoms. The van der Waals surface area contributed by atoms with E-state index in [4.69, 9.17) is 4.74 Å². The van der Waals surface area contributed by atoms with Gasteiger partial charge in [0.05, 0.1) is 12.5 Å². The fourth-order valence-corrected chi connectivity index (χ4v) is 2.22. The van der Waals surface area contributed by atoms with Gasteiger partial charge in [-0.05, 0) is 26.0 Å². The topological polar surface area (TPSA) is 43.4 Å². The van der Waals surface area contributed by atoms with Crippen LogP contribution in [0.2, 0.25) is 0 Å². The Morgan fingerprint density at radius 2 is 1.94 bits per heavy atom. The molecule has 0 atom stereocenters. The zero-order chi connectivity index (χ0) is 12.9. The Morgan fingerprint density at radius 3 is 2.41 bits per heavy atom. The standard InChI is InChI=1S/C13H16O3S/c1-13(2,12(15)16-3)9-17-11-6-4-10(8-14)5-7-11/h4-8H,9H2,1-3H3. The number of carbonyl (C=O) groups excluding carboxylic acids is 2. The third-order valence-electron chi connectivity index (χ3n) is 2.35. The minimum absolute atomic E-state index is 0.213. The maximum Gasteiger partial charge on any atom is 0.312 e. The Bertz CT molecular complexity index is 396. The summed E-state index contributed by atoms with van der Waals surface area (Å²) in [5, 5.41) is 0.